The molecule has 2 N–H and O–H groups in total. The summed E-state index contributed by atoms with van der Waals surface area (Å²) >= 11 is 0. The molecule has 1 aliphatic heterocycles. The lowest BCUT2D eigenvalue weighted by Crippen LogP contribution is -2.41. The number of alkyl carbamates (subject to hydrolysis) is 1. The second-order valence-corrected chi connectivity index (χ2v) is 7.96. The van der Waals surface area contributed by atoms with Gasteiger partial charge in [0.05, 0.1) is 17.7 Å². The van der Waals surface area contributed by atoms with Gasteiger partial charge in [0.2, 0.25) is 0 Å². The lowest BCUT2D eigenvalue weighted by molar-refractivity contribution is 0.150. The molecule has 0 bridgehead atoms. The smallest absolute Gasteiger partial charge is 0.407 e. The number of aromatic nitrogens is 2. The average molecular weight is 421 g/mol. The number of para-hydroxylation sites is 1. The Labute approximate surface area is 182 Å². The molecule has 4 rings (SSSR count). The predicted molar refractivity (Wildman–Crippen MR) is 121 cm³/mol. The molecule has 2 heterocycles. The second kappa shape index (κ2) is 9.20. The van der Waals surface area contributed by atoms with Crippen LogP contribution in [0, 0.1) is 12.8 Å². The Morgan fingerprint density at radius 2 is 2.10 bits per heavy atom. The summed E-state index contributed by atoms with van der Waals surface area (Å²) in [6.45, 7) is 6.45. The Morgan fingerprint density at radius 3 is 2.90 bits per heavy atom. The zero-order valence-corrected chi connectivity index (χ0v) is 18.0. The molecule has 1 fully saturated rings. The van der Waals surface area contributed by atoms with E-state index in [1.165, 1.54) is 0 Å². The normalized spacial score (nSPS) is 16.3. The molecule has 0 aliphatic carbocycles. The number of benzene rings is 2. The van der Waals surface area contributed by atoms with Crippen LogP contribution in [-0.4, -0.2) is 47.4 Å². The minimum atomic E-state index is -0.371. The molecule has 1 amide bonds. The molecule has 31 heavy (non-hydrogen) atoms. The molecule has 0 spiro atoms. The Balaban J connectivity index is 1.67. The van der Waals surface area contributed by atoms with Crippen LogP contribution in [-0.2, 0) is 4.74 Å². The number of phenolic OH excluding ortho intramolecular Hbond substituents is 1. The summed E-state index contributed by atoms with van der Waals surface area (Å²) in [5, 5.41) is 14.2. The number of nitrogens with zero attached hydrogens (tertiary/aromatic N) is 3. The fourth-order valence-electron chi connectivity index (χ4n) is 4.08. The van der Waals surface area contributed by atoms with Gasteiger partial charge in [-0.1, -0.05) is 18.2 Å². The number of rotatable bonds is 5. The van der Waals surface area contributed by atoms with Crippen LogP contribution in [0.2, 0.25) is 0 Å². The fraction of sp³-hybridized carbons (Fsp3) is 0.375. The van der Waals surface area contributed by atoms with E-state index in [2.05, 4.69) is 22.3 Å². The standard InChI is InChI=1S/C24H28N4O3/c1-3-31-24(30)25-14-17-7-6-12-28(15-17)23-18-11-10-16(2)13-20(18)26-22(27-23)19-8-4-5-9-21(19)29/h4-5,8-11,13,17,29H,3,6-7,12,14-15H2,1-2H3,(H,25,30). The molecule has 162 valence electrons. The number of anilines is 1. The third kappa shape index (κ3) is 4.71. The number of aryl methyl sites for hydroxylation is 1. The number of aromatic hydroxyl groups is 1. The van der Waals surface area contributed by atoms with Gasteiger partial charge in [-0.05, 0) is 62.4 Å². The number of ether oxygens (including phenoxy) is 1. The molecule has 7 nitrogen and oxygen atoms in total. The fourth-order valence-corrected chi connectivity index (χ4v) is 4.08. The van der Waals surface area contributed by atoms with Gasteiger partial charge in [0.1, 0.15) is 11.6 Å². The van der Waals surface area contributed by atoms with E-state index in [0.29, 0.717) is 30.5 Å². The molecular formula is C24H28N4O3. The van der Waals surface area contributed by atoms with Crippen LogP contribution in [0.3, 0.4) is 0 Å². The van der Waals surface area contributed by atoms with Crippen molar-refractivity contribution in [3.05, 3.63) is 48.0 Å². The van der Waals surface area contributed by atoms with Crippen LogP contribution in [0.15, 0.2) is 42.5 Å². The topological polar surface area (TPSA) is 87.6 Å². The number of phenols is 1. The summed E-state index contributed by atoms with van der Waals surface area (Å²) in [6, 6.07) is 13.3. The highest BCUT2D eigenvalue weighted by atomic mass is 16.5. The van der Waals surface area contributed by atoms with Crippen molar-refractivity contribution in [2.24, 2.45) is 5.92 Å². The zero-order chi connectivity index (χ0) is 21.8. The van der Waals surface area contributed by atoms with Crippen LogP contribution in [0.5, 0.6) is 5.75 Å². The number of fused-ring (bicyclic) bond motifs is 1. The van der Waals surface area contributed by atoms with E-state index in [4.69, 9.17) is 14.7 Å². The number of carbonyl (C=O) groups excluding carboxylic acids is 1. The van der Waals surface area contributed by atoms with Crippen molar-refractivity contribution in [2.45, 2.75) is 26.7 Å². The van der Waals surface area contributed by atoms with Crippen molar-refractivity contribution in [2.75, 3.05) is 31.1 Å². The van der Waals surface area contributed by atoms with Gasteiger partial charge < -0.3 is 20.1 Å². The van der Waals surface area contributed by atoms with Gasteiger partial charge in [-0.25, -0.2) is 14.8 Å². The number of hydrogen-bond donors (Lipinski definition) is 2. The van der Waals surface area contributed by atoms with E-state index < -0.39 is 0 Å². The first-order valence-electron chi connectivity index (χ1n) is 10.8. The predicted octanol–water partition coefficient (Wildman–Crippen LogP) is 4.27. The number of piperidine rings is 1. The van der Waals surface area contributed by atoms with Gasteiger partial charge in [-0.2, -0.15) is 0 Å². The number of nitrogens with one attached hydrogen (secondary N) is 1. The minimum Gasteiger partial charge on any atom is -0.507 e. The maximum absolute atomic E-state index is 11.7. The first kappa shape index (κ1) is 20.9. The van der Waals surface area contributed by atoms with Crippen LogP contribution in [0.25, 0.3) is 22.3 Å². The Bertz CT molecular complexity index is 1090. The van der Waals surface area contributed by atoms with Gasteiger partial charge in [-0.3, -0.25) is 0 Å². The number of amides is 1. The van der Waals surface area contributed by atoms with Gasteiger partial charge >= 0.3 is 6.09 Å². The molecule has 1 atom stereocenters. The maximum atomic E-state index is 11.7. The molecule has 2 aromatic carbocycles. The molecule has 1 aliphatic rings. The summed E-state index contributed by atoms with van der Waals surface area (Å²) in [5.41, 5.74) is 2.59. The van der Waals surface area contributed by atoms with Gasteiger partial charge in [0, 0.05) is 25.0 Å². The Morgan fingerprint density at radius 1 is 1.26 bits per heavy atom. The van der Waals surface area contributed by atoms with Crippen molar-refractivity contribution in [3.63, 3.8) is 0 Å². The van der Waals surface area contributed by atoms with E-state index in [9.17, 15) is 9.90 Å². The first-order chi connectivity index (χ1) is 15.0. The van der Waals surface area contributed by atoms with E-state index in [-0.39, 0.29) is 11.8 Å². The van der Waals surface area contributed by atoms with E-state index >= 15 is 0 Å². The zero-order valence-electron chi connectivity index (χ0n) is 18.0. The van der Waals surface area contributed by atoms with Crippen LogP contribution in [0.4, 0.5) is 10.6 Å². The maximum Gasteiger partial charge on any atom is 0.407 e. The van der Waals surface area contributed by atoms with Crippen LogP contribution in [0.1, 0.15) is 25.3 Å². The Kier molecular flexibility index (Phi) is 6.21. The molecule has 0 saturated carbocycles. The van der Waals surface area contributed by atoms with Crippen molar-refractivity contribution < 1.29 is 14.6 Å². The number of carbonyl (C=O) groups is 1. The molecule has 3 aromatic rings. The van der Waals surface area contributed by atoms with E-state index in [1.807, 2.05) is 25.1 Å². The van der Waals surface area contributed by atoms with Gasteiger partial charge in [0.25, 0.3) is 0 Å². The summed E-state index contributed by atoms with van der Waals surface area (Å²) in [6.07, 6.45) is 1.68. The molecule has 0 radical (unpaired) electrons. The van der Waals surface area contributed by atoms with E-state index in [0.717, 1.165) is 48.2 Å². The summed E-state index contributed by atoms with van der Waals surface area (Å²) in [4.78, 5) is 23.6. The van der Waals surface area contributed by atoms with Crippen molar-refractivity contribution in [1.82, 2.24) is 15.3 Å². The van der Waals surface area contributed by atoms with Crippen molar-refractivity contribution >= 4 is 22.8 Å². The largest absolute Gasteiger partial charge is 0.507 e. The lowest BCUT2D eigenvalue weighted by Gasteiger charge is -2.34. The van der Waals surface area contributed by atoms with E-state index in [1.54, 1.807) is 19.1 Å². The highest BCUT2D eigenvalue weighted by molar-refractivity contribution is 5.92. The summed E-state index contributed by atoms with van der Waals surface area (Å²) in [5.74, 6) is 1.85. The van der Waals surface area contributed by atoms with Gasteiger partial charge in [-0.15, -0.1) is 0 Å². The third-order valence-corrected chi connectivity index (χ3v) is 5.61. The SMILES string of the molecule is CCOC(=O)NCC1CCCN(c2nc(-c3ccccc3O)nc3cc(C)ccc23)C1. The molecular weight excluding hydrogens is 392 g/mol. The number of hydrogen-bond acceptors (Lipinski definition) is 6. The first-order valence-corrected chi connectivity index (χ1v) is 10.8. The highest BCUT2D eigenvalue weighted by Crippen LogP contribution is 2.33. The highest BCUT2D eigenvalue weighted by Gasteiger charge is 2.24. The minimum absolute atomic E-state index is 0.163. The second-order valence-electron chi connectivity index (χ2n) is 7.96. The monoisotopic (exact) mass is 420 g/mol. The lowest BCUT2D eigenvalue weighted by atomic mass is 9.97. The van der Waals surface area contributed by atoms with Crippen LogP contribution < -0.4 is 10.2 Å². The molecule has 1 unspecified atom stereocenters. The van der Waals surface area contributed by atoms with Crippen LogP contribution >= 0.6 is 0 Å². The van der Waals surface area contributed by atoms with Crippen molar-refractivity contribution in [1.29, 1.82) is 0 Å². The molecule has 1 aromatic heterocycles. The third-order valence-electron chi connectivity index (χ3n) is 5.61. The summed E-state index contributed by atoms with van der Waals surface area (Å²) in [7, 11) is 0. The quantitative estimate of drug-likeness (QED) is 0.641. The van der Waals surface area contributed by atoms with Crippen molar-refractivity contribution in [3.8, 4) is 17.1 Å². The Hall–Kier alpha value is -3.35. The molecule has 7 heteroatoms. The van der Waals surface area contributed by atoms with Gasteiger partial charge in [0.15, 0.2) is 5.82 Å². The summed E-state index contributed by atoms with van der Waals surface area (Å²) < 4.78 is 4.98. The molecule has 1 saturated heterocycles. The average Bonchev–Trinajstić information content (AvgIpc) is 2.77.